The minimum absolute atomic E-state index is 0.00901. The molecule has 0 spiro atoms. The van der Waals surface area contributed by atoms with Crippen molar-refractivity contribution < 1.29 is 38.6 Å². The second kappa shape index (κ2) is 13.7. The van der Waals surface area contributed by atoms with Crippen LogP contribution in [0.3, 0.4) is 0 Å². The minimum atomic E-state index is -0.360. The van der Waals surface area contributed by atoms with Crippen LogP contribution in [0.4, 0.5) is 0 Å². The fourth-order valence-electron chi connectivity index (χ4n) is 7.09. The number of rotatable bonds is 10. The van der Waals surface area contributed by atoms with Crippen LogP contribution in [-0.2, 0) is 6.42 Å². The van der Waals surface area contributed by atoms with Crippen molar-refractivity contribution in [2.75, 3.05) is 28.4 Å². The first kappa shape index (κ1) is 33.7. The smallest absolute Gasteiger partial charge is 0.165 e. The van der Waals surface area contributed by atoms with E-state index in [1.807, 2.05) is 74.5 Å². The van der Waals surface area contributed by atoms with E-state index in [4.69, 9.17) is 28.4 Å². The Hall–Kier alpha value is -5.24. The molecular formula is C41H44O8. The molecule has 8 nitrogen and oxygen atoms in total. The van der Waals surface area contributed by atoms with Gasteiger partial charge < -0.3 is 38.6 Å². The SMILES string of the molecule is C/C=C/c1cc(OC)c2c(c1)[C@@H](C)[C@H](c1cc(Cc3cc([C@@H]4Oc5c(OC)cc(/C=C/C)cc5[C@H]4C)cc(OC)c3O)c(O)c(OC)c1)O2. The lowest BCUT2D eigenvalue weighted by molar-refractivity contribution is 0.207. The van der Waals surface area contributed by atoms with Crippen LogP contribution in [0.5, 0.6) is 46.0 Å². The lowest BCUT2D eigenvalue weighted by Gasteiger charge is -2.21. The standard InChI is InChI=1S/C41H44O8/c1-9-11-24-13-30-22(3)38(48-40(30)34(15-24)46-7)28-18-26(36(42)32(20-28)44-5)17-27-19-29(21-33(45-6)37(27)43)39-23(4)31-14-25(12-10-2)16-35(47-8)41(31)49-39/h9-16,18-23,38-39,42-43H,17H2,1-8H3/b11-9+,12-10+/t22-,23-,38-,39-/m1/s1. The van der Waals surface area contributed by atoms with Gasteiger partial charge in [-0.05, 0) is 84.6 Å². The van der Waals surface area contributed by atoms with Gasteiger partial charge in [-0.15, -0.1) is 0 Å². The van der Waals surface area contributed by atoms with Gasteiger partial charge in [0.25, 0.3) is 0 Å². The van der Waals surface area contributed by atoms with Crippen molar-refractivity contribution in [1.82, 2.24) is 0 Å². The molecule has 0 amide bonds. The normalized spacial score (nSPS) is 19.4. The Morgan fingerprint density at radius 3 is 1.31 bits per heavy atom. The first-order valence-electron chi connectivity index (χ1n) is 16.5. The highest BCUT2D eigenvalue weighted by atomic mass is 16.5. The van der Waals surface area contributed by atoms with Crippen molar-refractivity contribution in [2.45, 2.75) is 58.2 Å². The van der Waals surface area contributed by atoms with Gasteiger partial charge in [-0.25, -0.2) is 0 Å². The number of ether oxygens (including phenoxy) is 6. The Bertz CT molecular complexity index is 1800. The van der Waals surface area contributed by atoms with Gasteiger partial charge in [-0.1, -0.05) is 38.2 Å². The number of phenolic OH excluding ortho intramolecular Hbond substituents is 2. The maximum Gasteiger partial charge on any atom is 0.165 e. The van der Waals surface area contributed by atoms with Crippen LogP contribution in [0, 0.1) is 0 Å². The summed E-state index contributed by atoms with van der Waals surface area (Å²) in [6, 6.07) is 15.6. The van der Waals surface area contributed by atoms with Crippen molar-refractivity contribution in [3.05, 3.63) is 105 Å². The summed E-state index contributed by atoms with van der Waals surface area (Å²) in [5.41, 5.74) is 6.95. The van der Waals surface area contributed by atoms with Crippen LogP contribution >= 0.6 is 0 Å². The Morgan fingerprint density at radius 1 is 0.571 bits per heavy atom. The number of hydrogen-bond donors (Lipinski definition) is 2. The van der Waals surface area contributed by atoms with Crippen molar-refractivity contribution in [2.24, 2.45) is 0 Å². The molecule has 0 saturated heterocycles. The molecule has 2 N–H and O–H groups in total. The van der Waals surface area contributed by atoms with Crippen LogP contribution in [0.1, 0.15) is 96.2 Å². The highest BCUT2D eigenvalue weighted by molar-refractivity contribution is 5.64. The number of fused-ring (bicyclic) bond motifs is 2. The second-order valence-electron chi connectivity index (χ2n) is 12.6. The highest BCUT2D eigenvalue weighted by Crippen LogP contribution is 2.54. The molecule has 256 valence electrons. The van der Waals surface area contributed by atoms with Gasteiger partial charge >= 0.3 is 0 Å². The highest BCUT2D eigenvalue weighted by Gasteiger charge is 2.37. The zero-order chi connectivity index (χ0) is 35.0. The van der Waals surface area contributed by atoms with Gasteiger partial charge in [-0.3, -0.25) is 0 Å². The fourth-order valence-corrected chi connectivity index (χ4v) is 7.09. The molecule has 49 heavy (non-hydrogen) atoms. The van der Waals surface area contributed by atoms with E-state index in [2.05, 4.69) is 26.0 Å². The molecule has 8 heteroatoms. The van der Waals surface area contributed by atoms with E-state index in [0.29, 0.717) is 45.6 Å². The molecular weight excluding hydrogens is 620 g/mol. The van der Waals surface area contributed by atoms with E-state index in [1.54, 1.807) is 14.2 Å². The first-order valence-corrected chi connectivity index (χ1v) is 16.5. The fraction of sp³-hybridized carbons (Fsp3) is 0.317. The largest absolute Gasteiger partial charge is 0.504 e. The molecule has 0 fully saturated rings. The summed E-state index contributed by atoms with van der Waals surface area (Å²) < 4.78 is 35.8. The summed E-state index contributed by atoms with van der Waals surface area (Å²) in [5.74, 6) is 3.34. The zero-order valence-electron chi connectivity index (χ0n) is 29.3. The molecule has 0 saturated carbocycles. The molecule has 4 atom stereocenters. The molecule has 2 aliphatic rings. The van der Waals surface area contributed by atoms with E-state index >= 15 is 0 Å². The third-order valence-electron chi connectivity index (χ3n) is 9.58. The molecule has 2 heterocycles. The van der Waals surface area contributed by atoms with Gasteiger partial charge in [0.05, 0.1) is 28.4 Å². The molecule has 0 unspecified atom stereocenters. The number of aromatic hydroxyl groups is 2. The lowest BCUT2D eigenvalue weighted by atomic mass is 9.88. The van der Waals surface area contributed by atoms with Crippen LogP contribution in [0.2, 0.25) is 0 Å². The topological polar surface area (TPSA) is 95.8 Å². The van der Waals surface area contributed by atoms with E-state index in [0.717, 1.165) is 33.4 Å². The molecule has 4 aromatic carbocycles. The lowest BCUT2D eigenvalue weighted by Crippen LogP contribution is -2.10. The van der Waals surface area contributed by atoms with E-state index in [1.165, 1.54) is 14.2 Å². The first-order chi connectivity index (χ1) is 23.6. The van der Waals surface area contributed by atoms with Crippen molar-refractivity contribution in [3.8, 4) is 46.0 Å². The van der Waals surface area contributed by atoms with Crippen LogP contribution in [-0.4, -0.2) is 38.7 Å². The summed E-state index contributed by atoms with van der Waals surface area (Å²) >= 11 is 0. The van der Waals surface area contributed by atoms with Crippen LogP contribution < -0.4 is 28.4 Å². The third kappa shape index (κ3) is 6.01. The number of phenols is 2. The summed E-state index contributed by atoms with van der Waals surface area (Å²) in [6.07, 6.45) is 7.53. The Morgan fingerprint density at radius 2 is 0.959 bits per heavy atom. The summed E-state index contributed by atoms with van der Waals surface area (Å²) in [7, 11) is 6.33. The maximum atomic E-state index is 11.4. The molecule has 0 bridgehead atoms. The monoisotopic (exact) mass is 664 g/mol. The van der Waals surface area contributed by atoms with Crippen molar-refractivity contribution in [3.63, 3.8) is 0 Å². The number of methoxy groups -OCH3 is 4. The Labute approximate surface area is 288 Å². The van der Waals surface area contributed by atoms with Crippen LogP contribution in [0.25, 0.3) is 12.2 Å². The summed E-state index contributed by atoms with van der Waals surface area (Å²) in [4.78, 5) is 0. The summed E-state index contributed by atoms with van der Waals surface area (Å²) in [6.45, 7) is 8.19. The minimum Gasteiger partial charge on any atom is -0.504 e. The van der Waals surface area contributed by atoms with Gasteiger partial charge in [0.1, 0.15) is 12.2 Å². The van der Waals surface area contributed by atoms with E-state index < -0.39 is 0 Å². The molecule has 4 aromatic rings. The molecule has 6 rings (SSSR count). The quantitative estimate of drug-likeness (QED) is 0.173. The predicted octanol–water partition coefficient (Wildman–Crippen LogP) is 9.26. The Balaban J connectivity index is 1.37. The van der Waals surface area contributed by atoms with E-state index in [9.17, 15) is 10.2 Å². The Kier molecular flexibility index (Phi) is 9.41. The van der Waals surface area contributed by atoms with Gasteiger partial charge in [0.2, 0.25) is 0 Å². The molecule has 0 aromatic heterocycles. The van der Waals surface area contributed by atoms with E-state index in [-0.39, 0.29) is 42.0 Å². The second-order valence-corrected chi connectivity index (χ2v) is 12.6. The molecule has 2 aliphatic heterocycles. The maximum absolute atomic E-state index is 11.4. The van der Waals surface area contributed by atoms with Gasteiger partial charge in [-0.2, -0.15) is 0 Å². The number of hydrogen-bond acceptors (Lipinski definition) is 8. The number of benzene rings is 4. The zero-order valence-corrected chi connectivity index (χ0v) is 29.3. The molecule has 0 radical (unpaired) electrons. The van der Waals surface area contributed by atoms with Gasteiger partial charge in [0, 0.05) is 40.5 Å². The number of allylic oxidation sites excluding steroid dienone is 2. The summed E-state index contributed by atoms with van der Waals surface area (Å²) in [5, 5.41) is 22.7. The predicted molar refractivity (Wildman–Crippen MR) is 191 cm³/mol. The average molecular weight is 665 g/mol. The molecule has 0 aliphatic carbocycles. The average Bonchev–Trinajstić information content (AvgIpc) is 3.62. The van der Waals surface area contributed by atoms with Crippen molar-refractivity contribution in [1.29, 1.82) is 0 Å². The van der Waals surface area contributed by atoms with Gasteiger partial charge in [0.15, 0.2) is 46.0 Å². The van der Waals surface area contributed by atoms with Crippen molar-refractivity contribution >= 4 is 12.2 Å². The van der Waals surface area contributed by atoms with Crippen LogP contribution in [0.15, 0.2) is 60.7 Å². The third-order valence-corrected chi connectivity index (χ3v) is 9.58.